The molecule has 2 amide bonds. The number of amides is 2. The maximum Gasteiger partial charge on any atom is 0.242 e. The maximum absolute atomic E-state index is 13.1. The summed E-state index contributed by atoms with van der Waals surface area (Å²) in [5.74, 6) is 0.958. The van der Waals surface area contributed by atoms with E-state index < -0.39 is 6.04 Å². The molecule has 0 aliphatic heterocycles. The van der Waals surface area contributed by atoms with Crippen LogP contribution in [0.3, 0.4) is 0 Å². The minimum Gasteiger partial charge on any atom is -0.350 e. The number of hydrogen-bond acceptors (Lipinski definition) is 3. The van der Waals surface area contributed by atoms with Crippen LogP contribution in [0.1, 0.15) is 44.4 Å². The molecule has 0 saturated carbocycles. The molecular formula is C24H32N2O2S. The molecule has 156 valence electrons. The summed E-state index contributed by atoms with van der Waals surface area (Å²) in [6.45, 7) is 10.1. The fourth-order valence-electron chi connectivity index (χ4n) is 2.94. The minimum absolute atomic E-state index is 0.0225. The largest absolute Gasteiger partial charge is 0.350 e. The van der Waals surface area contributed by atoms with Crippen LogP contribution in [0.25, 0.3) is 0 Å². The van der Waals surface area contributed by atoms with Gasteiger partial charge in [0.15, 0.2) is 0 Å². The van der Waals surface area contributed by atoms with Crippen LogP contribution in [0.5, 0.6) is 0 Å². The van der Waals surface area contributed by atoms with Crippen molar-refractivity contribution in [2.75, 3.05) is 5.75 Å². The SMILES string of the molecule is Cc1ccccc1CN(C(=O)CSCc1ccccc1)C(C)C(=O)NC(C)(C)C. The van der Waals surface area contributed by atoms with E-state index in [0.29, 0.717) is 12.3 Å². The fraction of sp³-hybridized carbons (Fsp3) is 0.417. The molecule has 0 bridgehead atoms. The summed E-state index contributed by atoms with van der Waals surface area (Å²) in [5.41, 5.74) is 3.02. The summed E-state index contributed by atoms with van der Waals surface area (Å²) in [6.07, 6.45) is 0. The van der Waals surface area contributed by atoms with E-state index in [9.17, 15) is 9.59 Å². The predicted octanol–water partition coefficient (Wildman–Crippen LogP) is 4.56. The summed E-state index contributed by atoms with van der Waals surface area (Å²) in [6, 6.07) is 17.6. The summed E-state index contributed by atoms with van der Waals surface area (Å²) in [7, 11) is 0. The maximum atomic E-state index is 13.1. The lowest BCUT2D eigenvalue weighted by Gasteiger charge is -2.31. The molecule has 29 heavy (non-hydrogen) atoms. The van der Waals surface area contributed by atoms with Gasteiger partial charge in [0, 0.05) is 17.8 Å². The van der Waals surface area contributed by atoms with E-state index in [1.54, 1.807) is 23.6 Å². The molecule has 1 unspecified atom stereocenters. The van der Waals surface area contributed by atoms with Crippen molar-refractivity contribution in [3.8, 4) is 0 Å². The van der Waals surface area contributed by atoms with Crippen LogP contribution in [-0.2, 0) is 21.9 Å². The fourth-order valence-corrected chi connectivity index (χ4v) is 3.81. The van der Waals surface area contributed by atoms with Crippen LogP contribution in [0, 0.1) is 6.92 Å². The Labute approximate surface area is 179 Å². The number of hydrogen-bond donors (Lipinski definition) is 1. The number of rotatable bonds is 8. The second-order valence-corrected chi connectivity index (χ2v) is 9.33. The first-order valence-electron chi connectivity index (χ1n) is 9.95. The first-order chi connectivity index (χ1) is 13.7. The first-order valence-corrected chi connectivity index (χ1v) is 11.1. The molecule has 0 fully saturated rings. The van der Waals surface area contributed by atoms with E-state index in [4.69, 9.17) is 0 Å². The van der Waals surface area contributed by atoms with Gasteiger partial charge >= 0.3 is 0 Å². The number of nitrogens with one attached hydrogen (secondary N) is 1. The average Bonchev–Trinajstić information content (AvgIpc) is 2.66. The molecule has 2 aromatic carbocycles. The van der Waals surface area contributed by atoms with Crippen molar-refractivity contribution in [3.05, 3.63) is 71.3 Å². The number of benzene rings is 2. The second kappa shape index (κ2) is 10.5. The highest BCUT2D eigenvalue weighted by Gasteiger charge is 2.28. The lowest BCUT2D eigenvalue weighted by atomic mass is 10.1. The molecular weight excluding hydrogens is 380 g/mol. The van der Waals surface area contributed by atoms with Gasteiger partial charge in [0.1, 0.15) is 6.04 Å². The van der Waals surface area contributed by atoms with Gasteiger partial charge in [0.2, 0.25) is 11.8 Å². The van der Waals surface area contributed by atoms with E-state index in [1.165, 1.54) is 5.56 Å². The van der Waals surface area contributed by atoms with Crippen molar-refractivity contribution in [1.82, 2.24) is 10.2 Å². The van der Waals surface area contributed by atoms with Gasteiger partial charge in [0.25, 0.3) is 0 Å². The zero-order valence-corrected chi connectivity index (χ0v) is 18.9. The Hall–Kier alpha value is -2.27. The molecule has 0 heterocycles. The van der Waals surface area contributed by atoms with Gasteiger partial charge in [-0.15, -0.1) is 11.8 Å². The Bertz CT molecular complexity index is 815. The highest BCUT2D eigenvalue weighted by Crippen LogP contribution is 2.18. The lowest BCUT2D eigenvalue weighted by Crippen LogP contribution is -2.52. The van der Waals surface area contributed by atoms with Crippen LogP contribution in [0.2, 0.25) is 0 Å². The number of nitrogens with zero attached hydrogens (tertiary/aromatic N) is 1. The zero-order valence-electron chi connectivity index (χ0n) is 18.1. The summed E-state index contributed by atoms with van der Waals surface area (Å²) >= 11 is 1.58. The zero-order chi connectivity index (χ0) is 21.4. The highest BCUT2D eigenvalue weighted by molar-refractivity contribution is 7.99. The first kappa shape index (κ1) is 23.0. The Kier molecular flexibility index (Phi) is 8.32. The number of carbonyl (C=O) groups is 2. The van der Waals surface area contributed by atoms with Crippen LogP contribution in [-0.4, -0.2) is 34.0 Å². The Morgan fingerprint density at radius 1 is 1.03 bits per heavy atom. The van der Waals surface area contributed by atoms with Crippen molar-refractivity contribution >= 4 is 23.6 Å². The molecule has 1 atom stereocenters. The topological polar surface area (TPSA) is 49.4 Å². The molecule has 4 nitrogen and oxygen atoms in total. The third-order valence-electron chi connectivity index (χ3n) is 4.60. The molecule has 0 aromatic heterocycles. The van der Waals surface area contributed by atoms with Crippen LogP contribution in [0.15, 0.2) is 54.6 Å². The normalized spacial score (nSPS) is 12.3. The lowest BCUT2D eigenvalue weighted by molar-refractivity contribution is -0.139. The van der Waals surface area contributed by atoms with Gasteiger partial charge < -0.3 is 10.2 Å². The van der Waals surface area contributed by atoms with Crippen LogP contribution < -0.4 is 5.32 Å². The van der Waals surface area contributed by atoms with E-state index in [2.05, 4.69) is 17.4 Å². The second-order valence-electron chi connectivity index (χ2n) is 8.34. The quantitative estimate of drug-likeness (QED) is 0.691. The summed E-state index contributed by atoms with van der Waals surface area (Å²) < 4.78 is 0. The molecule has 0 aliphatic carbocycles. The summed E-state index contributed by atoms with van der Waals surface area (Å²) in [4.78, 5) is 27.5. The smallest absolute Gasteiger partial charge is 0.242 e. The molecule has 0 spiro atoms. The molecule has 0 saturated heterocycles. The van der Waals surface area contributed by atoms with Crippen molar-refractivity contribution in [1.29, 1.82) is 0 Å². The Morgan fingerprint density at radius 2 is 1.66 bits per heavy atom. The molecule has 0 aliphatic rings. The van der Waals surface area contributed by atoms with Gasteiger partial charge in [-0.25, -0.2) is 0 Å². The van der Waals surface area contributed by atoms with E-state index >= 15 is 0 Å². The van der Waals surface area contributed by atoms with Gasteiger partial charge in [0.05, 0.1) is 5.75 Å². The number of aryl methyl sites for hydroxylation is 1. The standard InChI is InChI=1S/C24H32N2O2S/c1-18-11-9-10-14-21(18)15-26(19(2)23(28)25-24(3,4)5)22(27)17-29-16-20-12-7-6-8-13-20/h6-14,19H,15-17H2,1-5H3,(H,25,28). The molecule has 5 heteroatoms. The van der Waals surface area contributed by atoms with Crippen molar-refractivity contribution < 1.29 is 9.59 Å². The van der Waals surface area contributed by atoms with Crippen LogP contribution in [0.4, 0.5) is 0 Å². The van der Waals surface area contributed by atoms with Crippen molar-refractivity contribution in [2.45, 2.75) is 58.5 Å². The molecule has 2 rings (SSSR count). The van der Waals surface area contributed by atoms with Gasteiger partial charge in [-0.1, -0.05) is 54.6 Å². The van der Waals surface area contributed by atoms with Gasteiger partial charge in [-0.3, -0.25) is 9.59 Å². The average molecular weight is 413 g/mol. The van der Waals surface area contributed by atoms with Gasteiger partial charge in [-0.05, 0) is 51.3 Å². The molecule has 2 aromatic rings. The van der Waals surface area contributed by atoms with E-state index in [-0.39, 0.29) is 17.4 Å². The van der Waals surface area contributed by atoms with E-state index in [1.807, 2.05) is 70.2 Å². The highest BCUT2D eigenvalue weighted by atomic mass is 32.2. The van der Waals surface area contributed by atoms with Crippen molar-refractivity contribution in [2.24, 2.45) is 0 Å². The van der Waals surface area contributed by atoms with Crippen LogP contribution >= 0.6 is 11.8 Å². The Morgan fingerprint density at radius 3 is 2.28 bits per heavy atom. The predicted molar refractivity (Wildman–Crippen MR) is 122 cm³/mol. The number of carbonyl (C=O) groups excluding carboxylic acids is 2. The molecule has 1 N–H and O–H groups in total. The monoisotopic (exact) mass is 412 g/mol. The molecule has 0 radical (unpaired) electrons. The third kappa shape index (κ3) is 7.58. The van der Waals surface area contributed by atoms with Gasteiger partial charge in [-0.2, -0.15) is 0 Å². The van der Waals surface area contributed by atoms with E-state index in [0.717, 1.165) is 16.9 Å². The Balaban J connectivity index is 2.11. The third-order valence-corrected chi connectivity index (χ3v) is 5.59. The minimum atomic E-state index is -0.543. The van der Waals surface area contributed by atoms with Crippen molar-refractivity contribution in [3.63, 3.8) is 0 Å². The summed E-state index contributed by atoms with van der Waals surface area (Å²) in [5, 5.41) is 3.00. The number of thioether (sulfide) groups is 1.